The zero-order valence-corrected chi connectivity index (χ0v) is 14.1. The molecule has 1 aromatic carbocycles. The van der Waals surface area contributed by atoms with Gasteiger partial charge in [0.15, 0.2) is 0 Å². The molecule has 0 radical (unpaired) electrons. The van der Waals surface area contributed by atoms with E-state index in [9.17, 15) is 4.79 Å². The minimum atomic E-state index is 0. The van der Waals surface area contributed by atoms with Crippen LogP contribution in [0.5, 0.6) is 0 Å². The van der Waals surface area contributed by atoms with Crippen molar-refractivity contribution in [3.05, 3.63) is 48.3 Å². The van der Waals surface area contributed by atoms with Crippen LogP contribution in [0.3, 0.4) is 0 Å². The maximum atomic E-state index is 12.5. The molecule has 23 heavy (non-hydrogen) atoms. The Bertz CT molecular complexity index is 604. The Labute approximate surface area is 143 Å². The van der Waals surface area contributed by atoms with Gasteiger partial charge in [0.05, 0.1) is 5.69 Å². The molecular weight excluding hydrogens is 312 g/mol. The Morgan fingerprint density at radius 2 is 1.96 bits per heavy atom. The fourth-order valence-corrected chi connectivity index (χ4v) is 2.99. The lowest BCUT2D eigenvalue weighted by atomic mass is 9.96. The lowest BCUT2D eigenvalue weighted by molar-refractivity contribution is 0.0691. The summed E-state index contributed by atoms with van der Waals surface area (Å²) in [6, 6.07) is 9.54. The van der Waals surface area contributed by atoms with Crippen LogP contribution in [0.25, 0.3) is 5.69 Å². The number of hydrogen-bond donors (Lipinski definition) is 1. The van der Waals surface area contributed by atoms with Crippen LogP contribution < -0.4 is 5.32 Å². The zero-order chi connectivity index (χ0) is 15.4. The number of benzene rings is 1. The van der Waals surface area contributed by atoms with Gasteiger partial charge in [-0.1, -0.05) is 0 Å². The van der Waals surface area contributed by atoms with E-state index in [0.29, 0.717) is 5.92 Å². The van der Waals surface area contributed by atoms with Crippen LogP contribution >= 0.6 is 12.4 Å². The number of halogens is 1. The third-order valence-corrected chi connectivity index (χ3v) is 4.28. The fourth-order valence-electron chi connectivity index (χ4n) is 2.99. The van der Waals surface area contributed by atoms with Crippen LogP contribution in [0.4, 0.5) is 0 Å². The van der Waals surface area contributed by atoms with Gasteiger partial charge in [-0.2, -0.15) is 5.10 Å². The number of nitrogens with one attached hydrogen (secondary N) is 1. The van der Waals surface area contributed by atoms with E-state index in [4.69, 9.17) is 0 Å². The topological polar surface area (TPSA) is 50.2 Å². The first-order chi connectivity index (χ1) is 10.8. The zero-order valence-electron chi connectivity index (χ0n) is 13.3. The summed E-state index contributed by atoms with van der Waals surface area (Å²) >= 11 is 0. The summed E-state index contributed by atoms with van der Waals surface area (Å²) in [6.07, 6.45) is 5.80. The lowest BCUT2D eigenvalue weighted by Gasteiger charge is -2.32. The molecule has 1 aromatic heterocycles. The number of carbonyl (C=O) groups is 1. The van der Waals surface area contributed by atoms with Crippen molar-refractivity contribution in [2.45, 2.75) is 12.8 Å². The van der Waals surface area contributed by atoms with Gasteiger partial charge >= 0.3 is 0 Å². The quantitative estimate of drug-likeness (QED) is 0.934. The fraction of sp³-hybridized carbons (Fsp3) is 0.412. The van der Waals surface area contributed by atoms with Gasteiger partial charge in [0.25, 0.3) is 5.91 Å². The largest absolute Gasteiger partial charge is 0.339 e. The van der Waals surface area contributed by atoms with Crippen molar-refractivity contribution in [1.29, 1.82) is 0 Å². The third-order valence-electron chi connectivity index (χ3n) is 4.28. The molecule has 0 spiro atoms. The summed E-state index contributed by atoms with van der Waals surface area (Å²) in [5.41, 5.74) is 1.72. The van der Waals surface area contributed by atoms with E-state index in [1.54, 1.807) is 10.9 Å². The average Bonchev–Trinajstić information content (AvgIpc) is 3.10. The second-order valence-electron chi connectivity index (χ2n) is 5.79. The SMILES string of the molecule is CNCC1CCN(C(=O)c2ccc(-n3cccn3)cc2)CC1.Cl. The van der Waals surface area contributed by atoms with Crippen molar-refractivity contribution in [3.63, 3.8) is 0 Å². The van der Waals surface area contributed by atoms with Gasteiger partial charge in [-0.3, -0.25) is 4.79 Å². The molecule has 2 heterocycles. The van der Waals surface area contributed by atoms with E-state index in [1.807, 2.05) is 48.5 Å². The molecule has 1 aliphatic heterocycles. The van der Waals surface area contributed by atoms with Gasteiger partial charge in [0.1, 0.15) is 0 Å². The second-order valence-corrected chi connectivity index (χ2v) is 5.79. The van der Waals surface area contributed by atoms with E-state index in [2.05, 4.69) is 10.4 Å². The van der Waals surface area contributed by atoms with Crippen LogP contribution in [0.15, 0.2) is 42.7 Å². The molecule has 1 N–H and O–H groups in total. The van der Waals surface area contributed by atoms with Gasteiger partial charge in [0, 0.05) is 31.0 Å². The summed E-state index contributed by atoms with van der Waals surface area (Å²) in [7, 11) is 1.98. The van der Waals surface area contributed by atoms with E-state index >= 15 is 0 Å². The number of likely N-dealkylation sites (tertiary alicyclic amines) is 1. The van der Waals surface area contributed by atoms with Gasteiger partial charge in [-0.25, -0.2) is 4.68 Å². The number of amides is 1. The molecule has 0 unspecified atom stereocenters. The highest BCUT2D eigenvalue weighted by molar-refractivity contribution is 5.94. The Kier molecular flexibility index (Phi) is 6.19. The smallest absolute Gasteiger partial charge is 0.253 e. The summed E-state index contributed by atoms with van der Waals surface area (Å²) in [6.45, 7) is 2.75. The second kappa shape index (κ2) is 8.13. The monoisotopic (exact) mass is 334 g/mol. The molecule has 1 saturated heterocycles. The molecule has 2 aromatic rings. The Morgan fingerprint density at radius 3 is 2.52 bits per heavy atom. The predicted molar refractivity (Wildman–Crippen MR) is 93.4 cm³/mol. The average molecular weight is 335 g/mol. The normalized spacial score (nSPS) is 15.3. The van der Waals surface area contributed by atoms with Crippen LogP contribution in [0.2, 0.25) is 0 Å². The standard InChI is InChI=1S/C17H22N4O.ClH/c1-18-13-14-7-11-20(12-8-14)17(22)15-3-5-16(6-4-15)21-10-2-9-19-21;/h2-6,9-10,14,18H,7-8,11-13H2,1H3;1H. The predicted octanol–water partition coefficient (Wildman–Crippen LogP) is 2.37. The molecule has 0 saturated carbocycles. The Hall–Kier alpha value is -1.85. The van der Waals surface area contributed by atoms with Crippen molar-refractivity contribution in [2.75, 3.05) is 26.7 Å². The summed E-state index contributed by atoms with van der Waals surface area (Å²) < 4.78 is 1.79. The summed E-state index contributed by atoms with van der Waals surface area (Å²) in [5, 5.41) is 7.41. The van der Waals surface area contributed by atoms with E-state index < -0.39 is 0 Å². The third kappa shape index (κ3) is 4.12. The molecular formula is C17H23ClN4O. The molecule has 6 heteroatoms. The van der Waals surface area contributed by atoms with Crippen molar-refractivity contribution >= 4 is 18.3 Å². The summed E-state index contributed by atoms with van der Waals surface area (Å²) in [4.78, 5) is 14.5. The molecule has 1 aliphatic rings. The summed E-state index contributed by atoms with van der Waals surface area (Å²) in [5.74, 6) is 0.825. The minimum Gasteiger partial charge on any atom is -0.339 e. The first-order valence-corrected chi connectivity index (χ1v) is 7.82. The Morgan fingerprint density at radius 1 is 1.26 bits per heavy atom. The van der Waals surface area contributed by atoms with Crippen molar-refractivity contribution in [3.8, 4) is 5.69 Å². The Balaban J connectivity index is 0.00000192. The van der Waals surface area contributed by atoms with Crippen LogP contribution in [-0.2, 0) is 0 Å². The first kappa shape index (κ1) is 17.5. The molecule has 0 atom stereocenters. The maximum absolute atomic E-state index is 12.5. The van der Waals surface area contributed by atoms with Crippen LogP contribution in [0, 0.1) is 5.92 Å². The number of piperidine rings is 1. The van der Waals surface area contributed by atoms with Gasteiger partial charge in [-0.05, 0) is 62.7 Å². The number of rotatable bonds is 4. The van der Waals surface area contributed by atoms with Gasteiger partial charge < -0.3 is 10.2 Å². The van der Waals surface area contributed by atoms with E-state index in [0.717, 1.165) is 43.7 Å². The van der Waals surface area contributed by atoms with Gasteiger partial charge in [-0.15, -0.1) is 12.4 Å². The first-order valence-electron chi connectivity index (χ1n) is 7.82. The van der Waals surface area contributed by atoms with Crippen molar-refractivity contribution in [1.82, 2.24) is 20.0 Å². The van der Waals surface area contributed by atoms with E-state index in [-0.39, 0.29) is 18.3 Å². The number of aromatic nitrogens is 2. The molecule has 124 valence electrons. The van der Waals surface area contributed by atoms with Crippen LogP contribution in [0.1, 0.15) is 23.2 Å². The number of nitrogens with zero attached hydrogens (tertiary/aromatic N) is 3. The molecule has 1 fully saturated rings. The molecule has 3 rings (SSSR count). The highest BCUT2D eigenvalue weighted by Crippen LogP contribution is 2.19. The minimum absolute atomic E-state index is 0. The number of hydrogen-bond acceptors (Lipinski definition) is 3. The van der Waals surface area contributed by atoms with E-state index in [1.165, 1.54) is 0 Å². The molecule has 0 bridgehead atoms. The molecule has 0 aliphatic carbocycles. The van der Waals surface area contributed by atoms with Crippen molar-refractivity contribution in [2.24, 2.45) is 5.92 Å². The highest BCUT2D eigenvalue weighted by atomic mass is 35.5. The lowest BCUT2D eigenvalue weighted by Crippen LogP contribution is -2.40. The van der Waals surface area contributed by atoms with Gasteiger partial charge in [0.2, 0.25) is 0 Å². The van der Waals surface area contributed by atoms with Crippen LogP contribution in [-0.4, -0.2) is 47.3 Å². The highest BCUT2D eigenvalue weighted by Gasteiger charge is 2.23. The van der Waals surface area contributed by atoms with Crippen molar-refractivity contribution < 1.29 is 4.79 Å². The maximum Gasteiger partial charge on any atom is 0.253 e. The number of carbonyl (C=O) groups excluding carboxylic acids is 1. The molecule has 1 amide bonds. The molecule has 5 nitrogen and oxygen atoms in total.